The van der Waals surface area contributed by atoms with Crippen LogP contribution in [0, 0.1) is 0 Å². The molecule has 0 spiro atoms. The van der Waals surface area contributed by atoms with Crippen LogP contribution in [0.1, 0.15) is 11.8 Å². The number of fused-ring (bicyclic) bond motifs is 3. The molecule has 0 saturated carbocycles. The number of hydrogen-bond donors (Lipinski definition) is 0. The summed E-state index contributed by atoms with van der Waals surface area (Å²) >= 11 is 0. The van der Waals surface area contributed by atoms with E-state index < -0.39 is 0 Å². The van der Waals surface area contributed by atoms with E-state index >= 15 is 0 Å². The number of rotatable bonds is 2. The van der Waals surface area contributed by atoms with Crippen molar-refractivity contribution in [1.29, 1.82) is 0 Å². The third-order valence-corrected chi connectivity index (χ3v) is 4.53. The van der Waals surface area contributed by atoms with Gasteiger partial charge in [-0.05, 0) is 32.3 Å². The highest BCUT2D eigenvalue weighted by atomic mass is 16.5. The van der Waals surface area contributed by atoms with E-state index in [1.165, 1.54) is 22.4 Å². The normalized spacial score (nSPS) is 15.6. The number of hydrogen-bond acceptors (Lipinski definition) is 2. The fourth-order valence-corrected chi connectivity index (χ4v) is 3.35. The summed E-state index contributed by atoms with van der Waals surface area (Å²) in [5.74, 6) is 0.941. The first-order chi connectivity index (χ1) is 11.6. The summed E-state index contributed by atoms with van der Waals surface area (Å²) in [4.78, 5) is 2.11. The van der Waals surface area contributed by atoms with Crippen molar-refractivity contribution < 1.29 is 9.30 Å². The molecular formula is C21H21N2O+. The van der Waals surface area contributed by atoms with E-state index in [1.54, 1.807) is 0 Å². The van der Waals surface area contributed by atoms with Crippen molar-refractivity contribution in [2.75, 3.05) is 14.1 Å². The van der Waals surface area contributed by atoms with E-state index in [4.69, 9.17) is 4.74 Å². The van der Waals surface area contributed by atoms with E-state index in [0.29, 0.717) is 0 Å². The van der Waals surface area contributed by atoms with Crippen molar-refractivity contribution in [2.45, 2.75) is 6.23 Å². The molecule has 2 heterocycles. The van der Waals surface area contributed by atoms with E-state index in [0.717, 1.165) is 11.3 Å². The summed E-state index contributed by atoms with van der Waals surface area (Å²) in [6.45, 7) is 0. The highest BCUT2D eigenvalue weighted by molar-refractivity contribution is 5.77. The van der Waals surface area contributed by atoms with Gasteiger partial charge in [-0.25, -0.2) is 4.57 Å². The zero-order chi connectivity index (χ0) is 16.7. The molecule has 0 fully saturated rings. The Bertz CT molecular complexity index is 888. The van der Waals surface area contributed by atoms with Gasteiger partial charge in [0.05, 0.1) is 5.56 Å². The molecule has 1 aliphatic heterocycles. The van der Waals surface area contributed by atoms with Gasteiger partial charge < -0.3 is 4.74 Å². The van der Waals surface area contributed by atoms with Crippen molar-refractivity contribution in [1.82, 2.24) is 4.90 Å². The fraction of sp³-hybridized carbons (Fsp3) is 0.190. The molecule has 0 saturated heterocycles. The Labute approximate surface area is 142 Å². The monoisotopic (exact) mass is 317 g/mol. The minimum absolute atomic E-state index is 0.0778. The number of pyridine rings is 1. The lowest BCUT2D eigenvalue weighted by molar-refractivity contribution is -0.661. The molecule has 3 aromatic rings. The number of benzene rings is 2. The van der Waals surface area contributed by atoms with Gasteiger partial charge in [-0.3, -0.25) is 4.90 Å². The van der Waals surface area contributed by atoms with Crippen LogP contribution in [-0.2, 0) is 7.05 Å². The number of nitrogens with zero attached hydrogens (tertiary/aromatic N) is 2. The van der Waals surface area contributed by atoms with E-state index in [9.17, 15) is 0 Å². The van der Waals surface area contributed by atoms with Crippen LogP contribution >= 0.6 is 0 Å². The summed E-state index contributed by atoms with van der Waals surface area (Å²) < 4.78 is 8.42. The summed E-state index contributed by atoms with van der Waals surface area (Å²) in [5.41, 5.74) is 6.01. The first-order valence-corrected chi connectivity index (χ1v) is 8.16. The molecule has 2 aromatic carbocycles. The number of para-hydroxylation sites is 1. The molecule has 3 heteroatoms. The second kappa shape index (κ2) is 5.77. The summed E-state index contributed by atoms with van der Waals surface area (Å²) in [6.07, 6.45) is 2.11. The molecule has 0 aliphatic carbocycles. The van der Waals surface area contributed by atoms with Gasteiger partial charge in [0.25, 0.3) is 0 Å². The van der Waals surface area contributed by atoms with Crippen LogP contribution < -0.4 is 9.30 Å². The predicted octanol–water partition coefficient (Wildman–Crippen LogP) is 3.80. The van der Waals surface area contributed by atoms with E-state index in [-0.39, 0.29) is 6.23 Å². The minimum Gasteiger partial charge on any atom is -0.470 e. The Hall–Kier alpha value is -2.65. The van der Waals surface area contributed by atoms with Gasteiger partial charge in [-0.15, -0.1) is 0 Å². The second-order valence-corrected chi connectivity index (χ2v) is 6.43. The van der Waals surface area contributed by atoms with E-state index in [1.807, 2.05) is 32.3 Å². The van der Waals surface area contributed by atoms with Gasteiger partial charge in [0, 0.05) is 22.8 Å². The Morgan fingerprint density at radius 2 is 1.62 bits per heavy atom. The fourth-order valence-electron chi connectivity index (χ4n) is 3.35. The van der Waals surface area contributed by atoms with Crippen LogP contribution in [0.5, 0.6) is 5.75 Å². The predicted molar refractivity (Wildman–Crippen MR) is 95.5 cm³/mol. The minimum atomic E-state index is -0.0778. The Morgan fingerprint density at radius 1 is 0.917 bits per heavy atom. The van der Waals surface area contributed by atoms with Gasteiger partial charge in [0.15, 0.2) is 12.4 Å². The highest BCUT2D eigenvalue weighted by Crippen LogP contribution is 2.43. The average molecular weight is 317 g/mol. The van der Waals surface area contributed by atoms with Crippen LogP contribution in [0.15, 0.2) is 66.9 Å². The van der Waals surface area contributed by atoms with Crippen molar-refractivity contribution in [2.24, 2.45) is 7.05 Å². The Balaban J connectivity index is 1.97. The Kier molecular flexibility index (Phi) is 3.58. The zero-order valence-corrected chi connectivity index (χ0v) is 14.2. The topological polar surface area (TPSA) is 16.4 Å². The maximum Gasteiger partial charge on any atom is 0.212 e. The molecule has 4 rings (SSSR count). The van der Waals surface area contributed by atoms with Crippen LogP contribution in [-0.4, -0.2) is 19.0 Å². The Morgan fingerprint density at radius 3 is 2.38 bits per heavy atom. The van der Waals surface area contributed by atoms with Crippen LogP contribution in [0.2, 0.25) is 0 Å². The molecular weight excluding hydrogens is 296 g/mol. The summed E-state index contributed by atoms with van der Waals surface area (Å²) in [5, 5.41) is 0. The largest absolute Gasteiger partial charge is 0.470 e. The van der Waals surface area contributed by atoms with Crippen molar-refractivity contribution >= 4 is 0 Å². The lowest BCUT2D eigenvalue weighted by atomic mass is 9.94. The van der Waals surface area contributed by atoms with Crippen LogP contribution in [0.4, 0.5) is 0 Å². The first-order valence-electron chi connectivity index (χ1n) is 8.16. The van der Waals surface area contributed by atoms with E-state index in [2.05, 4.69) is 65.2 Å². The van der Waals surface area contributed by atoms with Crippen molar-refractivity contribution in [3.05, 3.63) is 72.4 Å². The first kappa shape index (κ1) is 14.9. The lowest BCUT2D eigenvalue weighted by Gasteiger charge is -2.31. The standard InChI is InChI=1S/C21H21N2O/c1-22(2)21-18-14-23(3)19(15-9-5-4-6-10-15)13-17(18)16-11-7-8-12-20(16)24-21/h4-14,21H,1-3H3/q+1. The third kappa shape index (κ3) is 2.38. The molecule has 1 unspecified atom stereocenters. The maximum atomic E-state index is 6.23. The number of aromatic nitrogens is 1. The van der Waals surface area contributed by atoms with Gasteiger partial charge in [0.2, 0.25) is 5.69 Å². The smallest absolute Gasteiger partial charge is 0.212 e. The molecule has 0 N–H and O–H groups in total. The molecule has 0 bridgehead atoms. The molecule has 3 nitrogen and oxygen atoms in total. The van der Waals surface area contributed by atoms with Crippen LogP contribution in [0.3, 0.4) is 0 Å². The third-order valence-electron chi connectivity index (χ3n) is 4.53. The molecule has 0 amide bonds. The maximum absolute atomic E-state index is 6.23. The zero-order valence-electron chi connectivity index (χ0n) is 14.2. The van der Waals surface area contributed by atoms with Crippen molar-refractivity contribution in [3.8, 4) is 28.1 Å². The molecule has 1 aliphatic rings. The van der Waals surface area contributed by atoms with Crippen LogP contribution in [0.25, 0.3) is 22.4 Å². The van der Waals surface area contributed by atoms with Gasteiger partial charge in [-0.2, -0.15) is 0 Å². The van der Waals surface area contributed by atoms with Gasteiger partial charge >= 0.3 is 0 Å². The lowest BCUT2D eigenvalue weighted by Crippen LogP contribution is -2.36. The van der Waals surface area contributed by atoms with Gasteiger partial charge in [-0.1, -0.05) is 36.4 Å². The number of ether oxygens (including phenoxy) is 1. The molecule has 24 heavy (non-hydrogen) atoms. The average Bonchev–Trinajstić information content (AvgIpc) is 2.61. The molecule has 0 radical (unpaired) electrons. The van der Waals surface area contributed by atoms with Crippen molar-refractivity contribution in [3.63, 3.8) is 0 Å². The molecule has 120 valence electrons. The van der Waals surface area contributed by atoms with Gasteiger partial charge in [0.1, 0.15) is 12.8 Å². The SMILES string of the molecule is CN(C)C1Oc2ccccc2-c2cc(-c3ccccc3)[n+](C)cc21. The summed E-state index contributed by atoms with van der Waals surface area (Å²) in [7, 11) is 6.19. The second-order valence-electron chi connectivity index (χ2n) is 6.43. The molecule has 1 atom stereocenters. The molecule has 1 aromatic heterocycles. The summed E-state index contributed by atoms with van der Waals surface area (Å²) in [6, 6.07) is 21.1. The highest BCUT2D eigenvalue weighted by Gasteiger charge is 2.31. The quantitative estimate of drug-likeness (QED) is 0.669. The number of aryl methyl sites for hydroxylation is 1.